The summed E-state index contributed by atoms with van der Waals surface area (Å²) in [5, 5.41) is 0. The van der Waals surface area contributed by atoms with Crippen LogP contribution in [0.4, 0.5) is 5.69 Å². The SMILES string of the molecule is Cc1cc(C)c(N(C)C(=O)CCl)c(/C=C/C(=O)OC(C)(C)C)c1. The van der Waals surface area contributed by atoms with Gasteiger partial charge in [-0.1, -0.05) is 11.6 Å². The number of benzene rings is 1. The average molecular weight is 338 g/mol. The zero-order valence-electron chi connectivity index (χ0n) is 14.6. The van der Waals surface area contributed by atoms with E-state index in [0.29, 0.717) is 0 Å². The Morgan fingerprint density at radius 3 is 2.39 bits per heavy atom. The molecule has 23 heavy (non-hydrogen) atoms. The van der Waals surface area contributed by atoms with E-state index >= 15 is 0 Å². The number of ether oxygens (including phenoxy) is 1. The number of halogens is 1. The van der Waals surface area contributed by atoms with Crippen molar-refractivity contribution in [1.29, 1.82) is 0 Å². The second-order valence-electron chi connectivity index (χ2n) is 6.47. The number of nitrogens with zero attached hydrogens (tertiary/aromatic N) is 1. The summed E-state index contributed by atoms with van der Waals surface area (Å²) >= 11 is 5.65. The lowest BCUT2D eigenvalue weighted by molar-refractivity contribution is -0.148. The van der Waals surface area contributed by atoms with Gasteiger partial charge in [0.2, 0.25) is 5.91 Å². The highest BCUT2D eigenvalue weighted by molar-refractivity contribution is 6.29. The molecule has 1 amide bonds. The second-order valence-corrected chi connectivity index (χ2v) is 6.74. The lowest BCUT2D eigenvalue weighted by atomic mass is 10.0. The molecular formula is C18H24ClNO3. The maximum Gasteiger partial charge on any atom is 0.331 e. The summed E-state index contributed by atoms with van der Waals surface area (Å²) in [7, 11) is 1.67. The molecule has 0 saturated carbocycles. The number of hydrogen-bond donors (Lipinski definition) is 0. The van der Waals surface area contributed by atoms with Crippen molar-refractivity contribution in [3.05, 3.63) is 34.9 Å². The predicted molar refractivity (Wildman–Crippen MR) is 94.9 cm³/mol. The van der Waals surface area contributed by atoms with Gasteiger partial charge in [0, 0.05) is 13.1 Å². The van der Waals surface area contributed by atoms with Gasteiger partial charge in [-0.2, -0.15) is 0 Å². The lowest BCUT2D eigenvalue weighted by Crippen LogP contribution is -2.28. The van der Waals surface area contributed by atoms with E-state index in [1.54, 1.807) is 13.1 Å². The fourth-order valence-electron chi connectivity index (χ4n) is 2.29. The predicted octanol–water partition coefficient (Wildman–Crippen LogP) is 3.86. The fraction of sp³-hybridized carbons (Fsp3) is 0.444. The van der Waals surface area contributed by atoms with Crippen LogP contribution in [0.25, 0.3) is 6.08 Å². The Morgan fingerprint density at radius 2 is 1.87 bits per heavy atom. The number of esters is 1. The normalized spacial score (nSPS) is 11.6. The first-order valence-corrected chi connectivity index (χ1v) is 7.93. The molecule has 0 aliphatic carbocycles. The summed E-state index contributed by atoms with van der Waals surface area (Å²) in [6.07, 6.45) is 3.05. The highest BCUT2D eigenvalue weighted by Gasteiger charge is 2.17. The van der Waals surface area contributed by atoms with Crippen molar-refractivity contribution in [3.63, 3.8) is 0 Å². The highest BCUT2D eigenvalue weighted by atomic mass is 35.5. The van der Waals surface area contributed by atoms with Crippen molar-refractivity contribution in [1.82, 2.24) is 0 Å². The Balaban J connectivity index is 3.20. The van der Waals surface area contributed by atoms with Gasteiger partial charge in [-0.3, -0.25) is 4.79 Å². The van der Waals surface area contributed by atoms with Crippen LogP contribution in [0.15, 0.2) is 18.2 Å². The van der Waals surface area contributed by atoms with Crippen LogP contribution in [-0.2, 0) is 14.3 Å². The van der Waals surface area contributed by atoms with Crippen molar-refractivity contribution in [3.8, 4) is 0 Å². The van der Waals surface area contributed by atoms with Gasteiger partial charge >= 0.3 is 5.97 Å². The standard InChI is InChI=1S/C18H24ClNO3/c1-12-9-13(2)17(20(6)15(21)11-19)14(10-12)7-8-16(22)23-18(3,4)5/h7-10H,11H2,1-6H3/b8-7+. The van der Waals surface area contributed by atoms with Crippen LogP contribution in [-0.4, -0.2) is 30.4 Å². The molecule has 0 saturated heterocycles. The summed E-state index contributed by atoms with van der Waals surface area (Å²) in [6, 6.07) is 3.90. The number of anilines is 1. The van der Waals surface area contributed by atoms with Crippen LogP contribution in [0.2, 0.25) is 0 Å². The molecule has 0 aromatic heterocycles. The monoisotopic (exact) mass is 337 g/mol. The number of carbonyl (C=O) groups excluding carboxylic acids is 2. The third-order valence-electron chi connectivity index (χ3n) is 3.10. The summed E-state index contributed by atoms with van der Waals surface area (Å²) in [6.45, 7) is 9.33. The van der Waals surface area contributed by atoms with Gasteiger partial charge in [0.1, 0.15) is 11.5 Å². The Bertz CT molecular complexity index is 630. The van der Waals surface area contributed by atoms with Crippen molar-refractivity contribution < 1.29 is 14.3 Å². The average Bonchev–Trinajstić information content (AvgIpc) is 2.41. The summed E-state index contributed by atoms with van der Waals surface area (Å²) in [4.78, 5) is 25.3. The van der Waals surface area contributed by atoms with Crippen molar-refractivity contribution in [2.75, 3.05) is 17.8 Å². The minimum Gasteiger partial charge on any atom is -0.457 e. The first-order valence-electron chi connectivity index (χ1n) is 7.40. The molecule has 0 spiro atoms. The van der Waals surface area contributed by atoms with Gasteiger partial charge in [0.15, 0.2) is 0 Å². The smallest absolute Gasteiger partial charge is 0.331 e. The van der Waals surface area contributed by atoms with Crippen molar-refractivity contribution >= 4 is 35.2 Å². The zero-order valence-corrected chi connectivity index (χ0v) is 15.3. The van der Waals surface area contributed by atoms with Gasteiger partial charge < -0.3 is 9.64 Å². The van der Waals surface area contributed by atoms with E-state index in [1.807, 2.05) is 46.8 Å². The maximum atomic E-state index is 11.9. The van der Waals surface area contributed by atoms with Crippen LogP contribution < -0.4 is 4.90 Å². The number of hydrogen-bond acceptors (Lipinski definition) is 3. The molecule has 1 aromatic rings. The molecule has 0 radical (unpaired) electrons. The van der Waals surface area contributed by atoms with Crippen LogP contribution >= 0.6 is 11.6 Å². The lowest BCUT2D eigenvalue weighted by Gasteiger charge is -2.22. The van der Waals surface area contributed by atoms with E-state index in [1.165, 1.54) is 11.0 Å². The van der Waals surface area contributed by atoms with Crippen LogP contribution in [0.1, 0.15) is 37.5 Å². The van der Waals surface area contributed by atoms with Crippen LogP contribution in [0.3, 0.4) is 0 Å². The molecule has 1 aromatic carbocycles. The molecule has 0 heterocycles. The van der Waals surface area contributed by atoms with Gasteiger partial charge in [-0.25, -0.2) is 4.79 Å². The zero-order chi connectivity index (χ0) is 17.8. The number of alkyl halides is 1. The Hall–Kier alpha value is -1.81. The Labute approximate surface area is 143 Å². The molecule has 1 rings (SSSR count). The fourth-order valence-corrected chi connectivity index (χ4v) is 2.47. The van der Waals surface area contributed by atoms with Crippen molar-refractivity contribution in [2.24, 2.45) is 0 Å². The molecule has 0 bridgehead atoms. The van der Waals surface area contributed by atoms with E-state index in [2.05, 4.69) is 0 Å². The molecule has 0 aliphatic heterocycles. The van der Waals surface area contributed by atoms with Crippen LogP contribution in [0, 0.1) is 13.8 Å². The molecule has 4 nitrogen and oxygen atoms in total. The summed E-state index contributed by atoms with van der Waals surface area (Å²) in [5.41, 5.74) is 2.95. The largest absolute Gasteiger partial charge is 0.457 e. The van der Waals surface area contributed by atoms with E-state index < -0.39 is 11.6 Å². The second kappa shape index (κ2) is 7.64. The van der Waals surface area contributed by atoms with Gasteiger partial charge in [-0.05, 0) is 57.9 Å². The minimum atomic E-state index is -0.543. The quantitative estimate of drug-likeness (QED) is 0.476. The molecule has 0 fully saturated rings. The van der Waals surface area contributed by atoms with Gasteiger partial charge in [0.05, 0.1) is 5.69 Å². The molecule has 0 aliphatic rings. The topological polar surface area (TPSA) is 46.6 Å². The molecule has 0 unspecified atom stereocenters. The van der Waals surface area contributed by atoms with E-state index in [0.717, 1.165) is 22.4 Å². The van der Waals surface area contributed by atoms with E-state index in [9.17, 15) is 9.59 Å². The molecule has 126 valence electrons. The number of carbonyl (C=O) groups is 2. The van der Waals surface area contributed by atoms with E-state index in [4.69, 9.17) is 16.3 Å². The molecular weight excluding hydrogens is 314 g/mol. The van der Waals surface area contributed by atoms with Gasteiger partial charge in [-0.15, -0.1) is 11.6 Å². The van der Waals surface area contributed by atoms with Gasteiger partial charge in [0.25, 0.3) is 0 Å². The van der Waals surface area contributed by atoms with E-state index in [-0.39, 0.29) is 11.8 Å². The Kier molecular flexibility index (Phi) is 6.39. The molecule has 0 N–H and O–H groups in total. The summed E-state index contributed by atoms with van der Waals surface area (Å²) in [5.74, 6) is -0.724. The molecule has 5 heteroatoms. The van der Waals surface area contributed by atoms with Crippen molar-refractivity contribution in [2.45, 2.75) is 40.2 Å². The number of rotatable bonds is 4. The third-order valence-corrected chi connectivity index (χ3v) is 3.33. The number of amides is 1. The van der Waals surface area contributed by atoms with Crippen LogP contribution in [0.5, 0.6) is 0 Å². The first-order chi connectivity index (χ1) is 10.5. The first kappa shape index (κ1) is 19.2. The summed E-state index contributed by atoms with van der Waals surface area (Å²) < 4.78 is 5.26. The molecule has 0 atom stereocenters. The third kappa shape index (κ3) is 5.71. The maximum absolute atomic E-state index is 11.9. The Morgan fingerprint density at radius 1 is 1.26 bits per heavy atom. The number of aryl methyl sites for hydroxylation is 2. The minimum absolute atomic E-state index is 0.0982. The highest BCUT2D eigenvalue weighted by Crippen LogP contribution is 2.27.